The molecule has 1 aliphatic rings. The Labute approximate surface area is 92.2 Å². The van der Waals surface area contributed by atoms with Gasteiger partial charge in [0.05, 0.1) is 13.0 Å². The monoisotopic (exact) mass is 214 g/mol. The highest BCUT2D eigenvalue weighted by Gasteiger charge is 2.23. The lowest BCUT2D eigenvalue weighted by Gasteiger charge is -2.19. The van der Waals surface area contributed by atoms with Crippen molar-refractivity contribution in [2.45, 2.75) is 25.8 Å². The Morgan fingerprint density at radius 1 is 1.53 bits per heavy atom. The van der Waals surface area contributed by atoms with E-state index in [-0.39, 0.29) is 5.97 Å². The summed E-state index contributed by atoms with van der Waals surface area (Å²) in [6.45, 7) is 5.34. The van der Waals surface area contributed by atoms with Gasteiger partial charge in [-0.05, 0) is 34.0 Å². The van der Waals surface area contributed by atoms with E-state index < -0.39 is 0 Å². The van der Waals surface area contributed by atoms with E-state index in [9.17, 15) is 4.79 Å². The Bertz CT molecular complexity index is 207. The lowest BCUT2D eigenvalue weighted by atomic mass is 10.2. The fraction of sp³-hybridized carbons (Fsp3) is 0.909. The summed E-state index contributed by atoms with van der Waals surface area (Å²) in [5.74, 6) is -0.0780. The van der Waals surface area contributed by atoms with Crippen LogP contribution in [0.15, 0.2) is 0 Å². The van der Waals surface area contributed by atoms with Crippen LogP contribution in [0.5, 0.6) is 0 Å². The van der Waals surface area contributed by atoms with Crippen molar-refractivity contribution in [1.82, 2.24) is 9.80 Å². The van der Waals surface area contributed by atoms with Gasteiger partial charge in [-0.2, -0.15) is 0 Å². The molecule has 0 aliphatic carbocycles. The van der Waals surface area contributed by atoms with Gasteiger partial charge in [-0.1, -0.05) is 0 Å². The molecule has 1 fully saturated rings. The molecule has 4 nitrogen and oxygen atoms in total. The van der Waals surface area contributed by atoms with Crippen LogP contribution in [0.3, 0.4) is 0 Å². The van der Waals surface area contributed by atoms with Crippen molar-refractivity contribution in [2.24, 2.45) is 0 Å². The number of likely N-dealkylation sites (N-methyl/N-ethyl adjacent to an activating group) is 1. The van der Waals surface area contributed by atoms with Crippen LogP contribution in [0.2, 0.25) is 0 Å². The van der Waals surface area contributed by atoms with Crippen LogP contribution in [0, 0.1) is 0 Å². The summed E-state index contributed by atoms with van der Waals surface area (Å²) in [7, 11) is 4.22. The van der Waals surface area contributed by atoms with Gasteiger partial charge in [0.25, 0.3) is 0 Å². The van der Waals surface area contributed by atoms with E-state index in [0.717, 1.165) is 19.6 Å². The van der Waals surface area contributed by atoms with Crippen LogP contribution in [-0.4, -0.2) is 62.1 Å². The van der Waals surface area contributed by atoms with Crippen molar-refractivity contribution in [3.63, 3.8) is 0 Å². The Kier molecular flexibility index (Phi) is 5.05. The summed E-state index contributed by atoms with van der Waals surface area (Å²) >= 11 is 0. The predicted molar refractivity (Wildman–Crippen MR) is 59.8 cm³/mol. The molecule has 0 aromatic rings. The summed E-state index contributed by atoms with van der Waals surface area (Å²) in [5, 5.41) is 0. The Morgan fingerprint density at radius 3 is 2.80 bits per heavy atom. The number of carbonyl (C=O) groups excluding carboxylic acids is 1. The highest BCUT2D eigenvalue weighted by Crippen LogP contribution is 2.13. The molecule has 0 aromatic heterocycles. The highest BCUT2D eigenvalue weighted by molar-refractivity contribution is 5.69. The quantitative estimate of drug-likeness (QED) is 0.627. The Balaban J connectivity index is 2.16. The maximum absolute atomic E-state index is 11.2. The van der Waals surface area contributed by atoms with E-state index in [0.29, 0.717) is 19.1 Å². The minimum absolute atomic E-state index is 0.0780. The fourth-order valence-electron chi connectivity index (χ4n) is 1.92. The van der Waals surface area contributed by atoms with Crippen molar-refractivity contribution in [2.75, 3.05) is 40.3 Å². The Morgan fingerprint density at radius 2 is 2.27 bits per heavy atom. The normalized spacial score (nSPS) is 22.3. The number of rotatable bonds is 5. The average Bonchev–Trinajstić information content (AvgIpc) is 2.63. The van der Waals surface area contributed by atoms with Crippen LogP contribution in [0.4, 0.5) is 0 Å². The van der Waals surface area contributed by atoms with Gasteiger partial charge >= 0.3 is 5.97 Å². The predicted octanol–water partition coefficient (Wildman–Crippen LogP) is 0.576. The number of hydrogen-bond donors (Lipinski definition) is 0. The highest BCUT2D eigenvalue weighted by atomic mass is 16.5. The molecule has 0 aromatic carbocycles. The molecular formula is C11H22N2O2. The topological polar surface area (TPSA) is 32.8 Å². The second-order valence-corrected chi connectivity index (χ2v) is 4.26. The molecule has 1 saturated heterocycles. The number of likely N-dealkylation sites (tertiary alicyclic amines) is 1. The van der Waals surface area contributed by atoms with Gasteiger partial charge in [0.15, 0.2) is 0 Å². The van der Waals surface area contributed by atoms with Crippen LogP contribution in [-0.2, 0) is 9.53 Å². The molecule has 0 amide bonds. The molecule has 1 atom stereocenters. The lowest BCUT2D eigenvalue weighted by molar-refractivity contribution is -0.143. The van der Waals surface area contributed by atoms with E-state index in [2.05, 4.69) is 23.9 Å². The van der Waals surface area contributed by atoms with Crippen molar-refractivity contribution < 1.29 is 9.53 Å². The Hall–Kier alpha value is -0.610. The lowest BCUT2D eigenvalue weighted by Crippen LogP contribution is -2.32. The third-order valence-corrected chi connectivity index (χ3v) is 2.92. The zero-order valence-electron chi connectivity index (χ0n) is 10.0. The first kappa shape index (κ1) is 12.5. The largest absolute Gasteiger partial charge is 0.466 e. The van der Waals surface area contributed by atoms with Crippen molar-refractivity contribution in [3.8, 4) is 0 Å². The van der Waals surface area contributed by atoms with Crippen LogP contribution in [0.25, 0.3) is 0 Å². The number of nitrogens with zero attached hydrogens (tertiary/aromatic N) is 2. The van der Waals surface area contributed by atoms with E-state index in [1.807, 2.05) is 6.92 Å². The van der Waals surface area contributed by atoms with Gasteiger partial charge in [0, 0.05) is 19.1 Å². The minimum Gasteiger partial charge on any atom is -0.466 e. The SMILES string of the molecule is CCOC(=O)CCN1CCC(N(C)C)C1. The maximum atomic E-state index is 11.2. The zero-order valence-corrected chi connectivity index (χ0v) is 10.0. The van der Waals surface area contributed by atoms with Gasteiger partial charge in [0.1, 0.15) is 0 Å². The second kappa shape index (κ2) is 6.08. The zero-order chi connectivity index (χ0) is 11.3. The first-order valence-corrected chi connectivity index (χ1v) is 5.68. The van der Waals surface area contributed by atoms with Gasteiger partial charge in [0.2, 0.25) is 0 Å². The van der Waals surface area contributed by atoms with Gasteiger partial charge in [-0.25, -0.2) is 0 Å². The van der Waals surface area contributed by atoms with Crippen molar-refractivity contribution in [3.05, 3.63) is 0 Å². The molecule has 15 heavy (non-hydrogen) atoms. The van der Waals surface area contributed by atoms with Crippen molar-refractivity contribution >= 4 is 5.97 Å². The first-order chi connectivity index (χ1) is 7.13. The average molecular weight is 214 g/mol. The maximum Gasteiger partial charge on any atom is 0.307 e. The van der Waals surface area contributed by atoms with Crippen molar-refractivity contribution in [1.29, 1.82) is 0 Å². The molecule has 0 bridgehead atoms. The molecule has 0 N–H and O–H groups in total. The number of esters is 1. The summed E-state index contributed by atoms with van der Waals surface area (Å²) in [4.78, 5) is 15.7. The fourth-order valence-corrected chi connectivity index (χ4v) is 1.92. The molecule has 88 valence electrons. The third kappa shape index (κ3) is 4.18. The van der Waals surface area contributed by atoms with E-state index >= 15 is 0 Å². The summed E-state index contributed by atoms with van der Waals surface area (Å²) < 4.78 is 4.90. The van der Waals surface area contributed by atoms with E-state index in [1.54, 1.807) is 0 Å². The van der Waals surface area contributed by atoms with Gasteiger partial charge in [-0.15, -0.1) is 0 Å². The summed E-state index contributed by atoms with van der Waals surface area (Å²) in [6.07, 6.45) is 1.73. The molecule has 1 unspecified atom stereocenters. The smallest absolute Gasteiger partial charge is 0.307 e. The number of hydrogen-bond acceptors (Lipinski definition) is 4. The minimum atomic E-state index is -0.0780. The summed E-state index contributed by atoms with van der Waals surface area (Å²) in [5.41, 5.74) is 0. The first-order valence-electron chi connectivity index (χ1n) is 5.68. The van der Waals surface area contributed by atoms with Gasteiger partial charge in [-0.3, -0.25) is 4.79 Å². The molecule has 1 rings (SSSR count). The molecule has 0 spiro atoms. The molecule has 1 heterocycles. The molecule has 0 radical (unpaired) electrons. The molecule has 4 heteroatoms. The molecular weight excluding hydrogens is 192 g/mol. The number of ether oxygens (including phenoxy) is 1. The van der Waals surface area contributed by atoms with E-state index in [1.165, 1.54) is 6.42 Å². The van der Waals surface area contributed by atoms with Crippen LogP contribution < -0.4 is 0 Å². The standard InChI is InChI=1S/C11H22N2O2/c1-4-15-11(14)6-8-13-7-5-10(9-13)12(2)3/h10H,4-9H2,1-3H3. The summed E-state index contributed by atoms with van der Waals surface area (Å²) in [6, 6.07) is 0.646. The molecule has 1 aliphatic heterocycles. The van der Waals surface area contributed by atoms with Crippen LogP contribution >= 0.6 is 0 Å². The molecule has 0 saturated carbocycles. The van der Waals surface area contributed by atoms with E-state index in [4.69, 9.17) is 4.74 Å². The third-order valence-electron chi connectivity index (χ3n) is 2.92. The van der Waals surface area contributed by atoms with Crippen LogP contribution in [0.1, 0.15) is 19.8 Å². The number of carbonyl (C=O) groups is 1. The second-order valence-electron chi connectivity index (χ2n) is 4.26. The van der Waals surface area contributed by atoms with Gasteiger partial charge < -0.3 is 14.5 Å².